The van der Waals surface area contributed by atoms with E-state index in [1.807, 2.05) is 0 Å². The molecule has 37 heavy (non-hydrogen) atoms. The highest BCUT2D eigenvalue weighted by molar-refractivity contribution is 6.12. The van der Waals surface area contributed by atoms with Crippen LogP contribution in [-0.4, -0.2) is 0 Å². The van der Waals surface area contributed by atoms with Crippen LogP contribution in [0.1, 0.15) is 25.0 Å². The lowest BCUT2D eigenvalue weighted by Gasteiger charge is -2.35. The standard InChI is InChI=1S/C37H26/c1-37(2)34-18-17-26(22-33(34)31-11-5-8-24-9-6-12-35(37)36(24)31)25-14-15-27-21-32-28(20-29(27)19-25)16-13-23-7-3-4-10-30(23)32/h3-22H,1-2H3. The summed E-state index contributed by atoms with van der Waals surface area (Å²) in [5, 5.41) is 10.5. The summed E-state index contributed by atoms with van der Waals surface area (Å²) in [5.41, 5.74) is 8.03. The van der Waals surface area contributed by atoms with Crippen molar-refractivity contribution < 1.29 is 0 Å². The summed E-state index contributed by atoms with van der Waals surface area (Å²) in [6.07, 6.45) is 0. The fourth-order valence-corrected chi connectivity index (χ4v) is 6.66. The van der Waals surface area contributed by atoms with Crippen LogP contribution in [0.3, 0.4) is 0 Å². The van der Waals surface area contributed by atoms with Crippen molar-refractivity contribution in [1.29, 1.82) is 0 Å². The van der Waals surface area contributed by atoms with Crippen LogP contribution in [0.2, 0.25) is 0 Å². The van der Waals surface area contributed by atoms with Crippen LogP contribution >= 0.6 is 0 Å². The highest BCUT2D eigenvalue weighted by atomic mass is 14.4. The summed E-state index contributed by atoms with van der Waals surface area (Å²) in [6.45, 7) is 4.72. The maximum atomic E-state index is 2.41. The number of fused-ring (bicyclic) bond motifs is 6. The predicted octanol–water partition coefficient (Wildman–Crippen LogP) is 10.3. The number of rotatable bonds is 1. The Morgan fingerprint density at radius 1 is 0.405 bits per heavy atom. The van der Waals surface area contributed by atoms with E-state index in [0.717, 1.165) is 0 Å². The average Bonchev–Trinajstić information content (AvgIpc) is 2.94. The molecule has 0 amide bonds. The van der Waals surface area contributed by atoms with Gasteiger partial charge in [-0.1, -0.05) is 111 Å². The zero-order valence-electron chi connectivity index (χ0n) is 21.0. The zero-order chi connectivity index (χ0) is 24.7. The predicted molar refractivity (Wildman–Crippen MR) is 159 cm³/mol. The highest BCUT2D eigenvalue weighted by Crippen LogP contribution is 2.49. The number of hydrogen-bond donors (Lipinski definition) is 0. The van der Waals surface area contributed by atoms with E-state index in [1.54, 1.807) is 0 Å². The van der Waals surface area contributed by atoms with E-state index in [1.165, 1.54) is 76.5 Å². The SMILES string of the molecule is CC1(C)c2ccc(-c3ccc4cc5c(ccc6ccccc65)cc4c3)cc2-c2cccc3cccc1c23. The summed E-state index contributed by atoms with van der Waals surface area (Å²) >= 11 is 0. The van der Waals surface area contributed by atoms with Gasteiger partial charge in [0.1, 0.15) is 0 Å². The first-order valence-electron chi connectivity index (χ1n) is 13.1. The lowest BCUT2D eigenvalue weighted by molar-refractivity contribution is 0.645. The Hall–Kier alpha value is -4.42. The van der Waals surface area contributed by atoms with Gasteiger partial charge >= 0.3 is 0 Å². The molecular weight excluding hydrogens is 444 g/mol. The molecule has 0 atom stereocenters. The molecule has 0 N–H and O–H groups in total. The molecule has 0 heterocycles. The Kier molecular flexibility index (Phi) is 4.10. The molecule has 0 unspecified atom stereocenters. The van der Waals surface area contributed by atoms with Gasteiger partial charge in [-0.3, -0.25) is 0 Å². The van der Waals surface area contributed by atoms with Crippen molar-refractivity contribution in [3.8, 4) is 22.3 Å². The van der Waals surface area contributed by atoms with E-state index in [9.17, 15) is 0 Å². The maximum Gasteiger partial charge on any atom is 0.0159 e. The molecule has 174 valence electrons. The molecule has 0 saturated heterocycles. The van der Waals surface area contributed by atoms with Gasteiger partial charge in [0, 0.05) is 5.41 Å². The third-order valence-corrected chi connectivity index (χ3v) is 8.60. The molecule has 0 fully saturated rings. The molecule has 0 spiro atoms. The Morgan fingerprint density at radius 2 is 1.14 bits per heavy atom. The van der Waals surface area contributed by atoms with Crippen molar-refractivity contribution in [3.05, 3.63) is 132 Å². The molecule has 0 nitrogen and oxygen atoms in total. The van der Waals surface area contributed by atoms with Crippen molar-refractivity contribution >= 4 is 43.1 Å². The molecule has 7 aromatic carbocycles. The first-order chi connectivity index (χ1) is 18.1. The first-order valence-corrected chi connectivity index (χ1v) is 13.1. The normalized spacial score (nSPS) is 13.9. The van der Waals surface area contributed by atoms with Crippen LogP contribution in [0.5, 0.6) is 0 Å². The molecule has 0 aliphatic heterocycles. The molecule has 8 rings (SSSR count). The minimum Gasteiger partial charge on any atom is -0.0616 e. The van der Waals surface area contributed by atoms with Crippen LogP contribution < -0.4 is 0 Å². The highest BCUT2D eigenvalue weighted by Gasteiger charge is 2.33. The second-order valence-electron chi connectivity index (χ2n) is 11.0. The Morgan fingerprint density at radius 3 is 2.05 bits per heavy atom. The topological polar surface area (TPSA) is 0 Å². The molecule has 1 aliphatic carbocycles. The summed E-state index contributed by atoms with van der Waals surface area (Å²) < 4.78 is 0. The van der Waals surface area contributed by atoms with Crippen LogP contribution in [0.15, 0.2) is 121 Å². The summed E-state index contributed by atoms with van der Waals surface area (Å²) in [6, 6.07) is 45.3. The van der Waals surface area contributed by atoms with Crippen LogP contribution in [-0.2, 0) is 5.41 Å². The maximum absolute atomic E-state index is 2.41. The van der Waals surface area contributed by atoms with E-state index in [2.05, 4.69) is 135 Å². The van der Waals surface area contributed by atoms with Gasteiger partial charge in [-0.05, 0) is 101 Å². The first kappa shape index (κ1) is 20.7. The molecule has 1 aliphatic rings. The van der Waals surface area contributed by atoms with Gasteiger partial charge in [-0.15, -0.1) is 0 Å². The molecule has 0 heteroatoms. The minimum absolute atomic E-state index is 0.0349. The van der Waals surface area contributed by atoms with E-state index in [4.69, 9.17) is 0 Å². The van der Waals surface area contributed by atoms with Crippen LogP contribution in [0, 0.1) is 0 Å². The van der Waals surface area contributed by atoms with Crippen molar-refractivity contribution in [2.24, 2.45) is 0 Å². The Labute approximate surface area is 216 Å². The average molecular weight is 471 g/mol. The van der Waals surface area contributed by atoms with Gasteiger partial charge in [0.2, 0.25) is 0 Å². The van der Waals surface area contributed by atoms with E-state index in [-0.39, 0.29) is 5.41 Å². The second kappa shape index (κ2) is 7.31. The van der Waals surface area contributed by atoms with Crippen LogP contribution in [0.4, 0.5) is 0 Å². The van der Waals surface area contributed by atoms with E-state index >= 15 is 0 Å². The Balaban J connectivity index is 1.33. The van der Waals surface area contributed by atoms with Gasteiger partial charge in [-0.2, -0.15) is 0 Å². The Bertz CT molecular complexity index is 2050. The summed E-state index contributed by atoms with van der Waals surface area (Å²) in [5.74, 6) is 0. The van der Waals surface area contributed by atoms with E-state index in [0.29, 0.717) is 0 Å². The monoisotopic (exact) mass is 470 g/mol. The van der Waals surface area contributed by atoms with Crippen molar-refractivity contribution in [2.45, 2.75) is 19.3 Å². The van der Waals surface area contributed by atoms with Gasteiger partial charge in [0.25, 0.3) is 0 Å². The van der Waals surface area contributed by atoms with Gasteiger partial charge < -0.3 is 0 Å². The third kappa shape index (κ3) is 2.90. The zero-order valence-corrected chi connectivity index (χ0v) is 21.0. The van der Waals surface area contributed by atoms with Crippen molar-refractivity contribution in [2.75, 3.05) is 0 Å². The van der Waals surface area contributed by atoms with Crippen molar-refractivity contribution in [1.82, 2.24) is 0 Å². The largest absolute Gasteiger partial charge is 0.0616 e. The molecule has 7 aromatic rings. The van der Waals surface area contributed by atoms with Gasteiger partial charge in [-0.25, -0.2) is 0 Å². The quantitative estimate of drug-likeness (QED) is 0.165. The fraction of sp³-hybridized carbons (Fsp3) is 0.0811. The second-order valence-corrected chi connectivity index (χ2v) is 11.0. The summed E-state index contributed by atoms with van der Waals surface area (Å²) in [4.78, 5) is 0. The molecule has 0 aromatic heterocycles. The van der Waals surface area contributed by atoms with Crippen LogP contribution in [0.25, 0.3) is 65.3 Å². The van der Waals surface area contributed by atoms with Crippen molar-refractivity contribution in [3.63, 3.8) is 0 Å². The van der Waals surface area contributed by atoms with E-state index < -0.39 is 0 Å². The lowest BCUT2D eigenvalue weighted by atomic mass is 9.68. The molecular formula is C37H26. The fourth-order valence-electron chi connectivity index (χ4n) is 6.66. The molecule has 0 radical (unpaired) electrons. The van der Waals surface area contributed by atoms with Gasteiger partial charge in [0.15, 0.2) is 0 Å². The summed E-state index contributed by atoms with van der Waals surface area (Å²) in [7, 11) is 0. The number of benzene rings is 7. The molecule has 0 bridgehead atoms. The number of hydrogen-bond acceptors (Lipinski definition) is 0. The lowest BCUT2D eigenvalue weighted by Crippen LogP contribution is -2.23. The smallest absolute Gasteiger partial charge is 0.0159 e. The molecule has 0 saturated carbocycles. The van der Waals surface area contributed by atoms with Gasteiger partial charge in [0.05, 0.1) is 0 Å². The minimum atomic E-state index is -0.0349. The third-order valence-electron chi connectivity index (χ3n) is 8.60.